The molecule has 7 heteroatoms. The molecule has 1 aromatic rings. The van der Waals surface area contributed by atoms with Crippen LogP contribution in [-0.2, 0) is 10.0 Å². The van der Waals surface area contributed by atoms with Gasteiger partial charge in [-0.2, -0.15) is 0 Å². The maximum Gasteiger partial charge on any atom is 0.214 e. The molecule has 1 N–H and O–H groups in total. The molecule has 0 saturated heterocycles. The molecule has 0 heterocycles. The Morgan fingerprint density at radius 2 is 1.89 bits per heavy atom. The van der Waals surface area contributed by atoms with E-state index in [4.69, 9.17) is 4.74 Å². The molecule has 0 unspecified atom stereocenters. The van der Waals surface area contributed by atoms with Gasteiger partial charge in [0.05, 0.1) is 5.75 Å². The van der Waals surface area contributed by atoms with Crippen LogP contribution in [0.3, 0.4) is 0 Å². The van der Waals surface area contributed by atoms with Crippen LogP contribution in [0.2, 0.25) is 0 Å². The van der Waals surface area contributed by atoms with Crippen molar-refractivity contribution in [2.45, 2.75) is 0 Å². The van der Waals surface area contributed by atoms with Gasteiger partial charge in [-0.05, 0) is 38.4 Å². The number of rotatable bonds is 8. The van der Waals surface area contributed by atoms with Gasteiger partial charge in [-0.1, -0.05) is 0 Å². The lowest BCUT2D eigenvalue weighted by atomic mass is 10.3. The number of hydrogen-bond acceptors (Lipinski definition) is 4. The third-order valence-corrected chi connectivity index (χ3v) is 3.66. The van der Waals surface area contributed by atoms with E-state index in [0.29, 0.717) is 18.8 Å². The molecule has 0 fully saturated rings. The summed E-state index contributed by atoms with van der Waals surface area (Å²) in [5, 5.41) is 0. The van der Waals surface area contributed by atoms with E-state index in [1.54, 1.807) is 0 Å². The number of benzene rings is 1. The van der Waals surface area contributed by atoms with E-state index in [2.05, 4.69) is 4.72 Å². The van der Waals surface area contributed by atoms with Gasteiger partial charge in [-0.3, -0.25) is 0 Å². The van der Waals surface area contributed by atoms with Crippen LogP contribution in [0.25, 0.3) is 0 Å². The molecule has 0 amide bonds. The van der Waals surface area contributed by atoms with Crippen molar-refractivity contribution < 1.29 is 17.5 Å². The number of likely N-dealkylation sites (N-methyl/N-ethyl adjacent to an activating group) is 1. The Labute approximate surface area is 113 Å². The van der Waals surface area contributed by atoms with Gasteiger partial charge >= 0.3 is 0 Å². The highest BCUT2D eigenvalue weighted by Crippen LogP contribution is 2.10. The summed E-state index contributed by atoms with van der Waals surface area (Å²) >= 11 is 0. The molecule has 0 saturated carbocycles. The van der Waals surface area contributed by atoms with Gasteiger partial charge < -0.3 is 9.64 Å². The minimum Gasteiger partial charge on any atom is -0.492 e. The lowest BCUT2D eigenvalue weighted by molar-refractivity contribution is 0.339. The lowest BCUT2D eigenvalue weighted by Crippen LogP contribution is -2.34. The Morgan fingerprint density at radius 3 is 2.47 bits per heavy atom. The predicted molar refractivity (Wildman–Crippen MR) is 72.2 cm³/mol. The van der Waals surface area contributed by atoms with Gasteiger partial charge in [0.2, 0.25) is 10.0 Å². The number of nitrogens with zero attached hydrogens (tertiary/aromatic N) is 1. The van der Waals surface area contributed by atoms with Gasteiger partial charge in [-0.25, -0.2) is 17.5 Å². The second kappa shape index (κ2) is 7.42. The standard InChI is InChI=1S/C12H19FN2O3S/c1-15(2)8-7-14-19(16,17)10-9-18-12-5-3-11(13)4-6-12/h3-6,14H,7-10H2,1-2H3. The van der Waals surface area contributed by atoms with Crippen LogP contribution in [0, 0.1) is 5.82 Å². The van der Waals surface area contributed by atoms with Gasteiger partial charge in [0.1, 0.15) is 18.2 Å². The van der Waals surface area contributed by atoms with E-state index < -0.39 is 10.0 Å². The molecule has 0 bridgehead atoms. The van der Waals surface area contributed by atoms with E-state index in [-0.39, 0.29) is 18.2 Å². The largest absolute Gasteiger partial charge is 0.492 e. The number of nitrogens with one attached hydrogen (secondary N) is 1. The monoisotopic (exact) mass is 290 g/mol. The van der Waals surface area contributed by atoms with E-state index in [1.807, 2.05) is 19.0 Å². The first kappa shape index (κ1) is 15.9. The molecule has 19 heavy (non-hydrogen) atoms. The average Bonchev–Trinajstić information content (AvgIpc) is 2.30. The molecule has 0 atom stereocenters. The Kier molecular flexibility index (Phi) is 6.20. The Hall–Kier alpha value is -1.18. The van der Waals surface area contributed by atoms with Gasteiger partial charge in [0.15, 0.2) is 0 Å². The summed E-state index contributed by atoms with van der Waals surface area (Å²) in [4.78, 5) is 1.89. The fourth-order valence-electron chi connectivity index (χ4n) is 1.30. The quantitative estimate of drug-likeness (QED) is 0.765. The van der Waals surface area contributed by atoms with Crippen LogP contribution < -0.4 is 9.46 Å². The summed E-state index contributed by atoms with van der Waals surface area (Å²) in [6, 6.07) is 5.45. The summed E-state index contributed by atoms with van der Waals surface area (Å²) in [6.07, 6.45) is 0. The molecule has 108 valence electrons. The van der Waals surface area contributed by atoms with Crippen molar-refractivity contribution in [2.24, 2.45) is 0 Å². The second-order valence-electron chi connectivity index (χ2n) is 4.32. The van der Waals surface area contributed by atoms with E-state index >= 15 is 0 Å². The zero-order valence-corrected chi connectivity index (χ0v) is 11.9. The molecule has 0 aromatic heterocycles. The van der Waals surface area contributed by atoms with Crippen molar-refractivity contribution in [3.8, 4) is 5.75 Å². The smallest absolute Gasteiger partial charge is 0.214 e. The average molecular weight is 290 g/mol. The first-order valence-corrected chi connectivity index (χ1v) is 7.55. The fourth-order valence-corrected chi connectivity index (χ4v) is 2.15. The summed E-state index contributed by atoms with van der Waals surface area (Å²) in [5.41, 5.74) is 0. The summed E-state index contributed by atoms with van der Waals surface area (Å²) in [6.45, 7) is 1.03. The molecule has 0 aliphatic rings. The second-order valence-corrected chi connectivity index (χ2v) is 6.25. The predicted octanol–water partition coefficient (Wildman–Crippen LogP) is 0.686. The maximum atomic E-state index is 12.6. The normalized spacial score (nSPS) is 11.8. The van der Waals surface area contributed by atoms with Crippen molar-refractivity contribution in [2.75, 3.05) is 39.5 Å². The van der Waals surface area contributed by atoms with E-state index in [0.717, 1.165) is 0 Å². The van der Waals surface area contributed by atoms with Crippen molar-refractivity contribution in [3.63, 3.8) is 0 Å². The highest BCUT2D eigenvalue weighted by molar-refractivity contribution is 7.89. The fraction of sp³-hybridized carbons (Fsp3) is 0.500. The molecule has 0 spiro atoms. The van der Waals surface area contributed by atoms with Crippen LogP contribution >= 0.6 is 0 Å². The van der Waals surface area contributed by atoms with Crippen LogP contribution in [0.15, 0.2) is 24.3 Å². The Bertz CT molecular complexity index is 474. The zero-order valence-electron chi connectivity index (χ0n) is 11.1. The Balaban J connectivity index is 2.29. The molecular weight excluding hydrogens is 271 g/mol. The third-order valence-electron chi connectivity index (χ3n) is 2.32. The van der Waals surface area contributed by atoms with Crippen LogP contribution in [0.4, 0.5) is 4.39 Å². The molecule has 5 nitrogen and oxygen atoms in total. The molecule has 0 aliphatic heterocycles. The number of sulfonamides is 1. The van der Waals surface area contributed by atoms with Crippen molar-refractivity contribution in [3.05, 3.63) is 30.1 Å². The number of hydrogen-bond donors (Lipinski definition) is 1. The summed E-state index contributed by atoms with van der Waals surface area (Å²) in [5.74, 6) is -0.0344. The lowest BCUT2D eigenvalue weighted by Gasteiger charge is -2.11. The van der Waals surface area contributed by atoms with Crippen molar-refractivity contribution >= 4 is 10.0 Å². The van der Waals surface area contributed by atoms with Crippen LogP contribution in [0.5, 0.6) is 5.75 Å². The first-order chi connectivity index (χ1) is 8.89. The SMILES string of the molecule is CN(C)CCNS(=O)(=O)CCOc1ccc(F)cc1. The van der Waals surface area contributed by atoms with Crippen molar-refractivity contribution in [1.82, 2.24) is 9.62 Å². The van der Waals surface area contributed by atoms with Gasteiger partial charge in [0, 0.05) is 13.1 Å². The van der Waals surface area contributed by atoms with Crippen LogP contribution in [-0.4, -0.2) is 52.9 Å². The molecule has 0 radical (unpaired) electrons. The first-order valence-electron chi connectivity index (χ1n) is 5.89. The third kappa shape index (κ3) is 7.09. The highest BCUT2D eigenvalue weighted by atomic mass is 32.2. The summed E-state index contributed by atoms with van der Waals surface area (Å²) < 4.78 is 43.5. The zero-order chi connectivity index (χ0) is 14.3. The highest BCUT2D eigenvalue weighted by Gasteiger charge is 2.09. The summed E-state index contributed by atoms with van der Waals surface area (Å²) in [7, 11) is 0.403. The van der Waals surface area contributed by atoms with Gasteiger partial charge in [-0.15, -0.1) is 0 Å². The van der Waals surface area contributed by atoms with Crippen LogP contribution in [0.1, 0.15) is 0 Å². The van der Waals surface area contributed by atoms with E-state index in [9.17, 15) is 12.8 Å². The van der Waals surface area contributed by atoms with Crippen molar-refractivity contribution in [1.29, 1.82) is 0 Å². The number of halogens is 1. The molecular formula is C12H19FN2O3S. The molecule has 1 rings (SSSR count). The topological polar surface area (TPSA) is 58.6 Å². The van der Waals surface area contributed by atoms with E-state index in [1.165, 1.54) is 24.3 Å². The minimum absolute atomic E-state index is 0.0307. The molecule has 0 aliphatic carbocycles. The number of ether oxygens (including phenoxy) is 1. The molecule has 1 aromatic carbocycles. The van der Waals surface area contributed by atoms with Gasteiger partial charge in [0.25, 0.3) is 0 Å². The Morgan fingerprint density at radius 1 is 1.26 bits per heavy atom. The maximum absolute atomic E-state index is 12.6. The minimum atomic E-state index is -3.33.